The van der Waals surface area contributed by atoms with Gasteiger partial charge in [0, 0.05) is 30.6 Å². The number of carbonyl (C=O) groups excluding carboxylic acids is 1. The topological polar surface area (TPSA) is 57.7 Å². The second-order valence-electron chi connectivity index (χ2n) is 6.44. The fourth-order valence-corrected chi connectivity index (χ4v) is 4.51. The standard InChI is InChI=1S/C19H22N2O3S2/c1-20(13-14-4-7-17(25-2)8-5-14)19(22)16-6-9-18-15(12-16)10-11-21(18)26(3,23)24/h4-9,12H,10-11,13H2,1-3H3. The van der Waals surface area contributed by atoms with Gasteiger partial charge in [-0.15, -0.1) is 11.8 Å². The summed E-state index contributed by atoms with van der Waals surface area (Å²) in [6.45, 7) is 0.962. The summed E-state index contributed by atoms with van der Waals surface area (Å²) in [5.74, 6) is -0.0699. The SMILES string of the molecule is CSc1ccc(CN(C)C(=O)c2ccc3c(c2)CCN3S(C)(=O)=O)cc1. The largest absolute Gasteiger partial charge is 0.337 e. The average Bonchev–Trinajstić information content (AvgIpc) is 3.05. The molecule has 1 amide bonds. The van der Waals surface area contributed by atoms with Crippen LogP contribution in [0.1, 0.15) is 21.5 Å². The van der Waals surface area contributed by atoms with E-state index in [-0.39, 0.29) is 5.91 Å². The maximum Gasteiger partial charge on any atom is 0.253 e. The number of anilines is 1. The van der Waals surface area contributed by atoms with E-state index in [2.05, 4.69) is 0 Å². The molecule has 2 aromatic carbocycles. The Morgan fingerprint density at radius 1 is 1.19 bits per heavy atom. The van der Waals surface area contributed by atoms with Crippen LogP contribution in [0, 0.1) is 0 Å². The molecule has 1 aliphatic rings. The summed E-state index contributed by atoms with van der Waals surface area (Å²) >= 11 is 1.69. The fourth-order valence-electron chi connectivity index (χ4n) is 3.15. The van der Waals surface area contributed by atoms with Gasteiger partial charge in [0.15, 0.2) is 0 Å². The first kappa shape index (κ1) is 18.8. The summed E-state index contributed by atoms with van der Waals surface area (Å²) in [6.07, 6.45) is 3.87. The molecule has 0 radical (unpaired) electrons. The van der Waals surface area contributed by atoms with E-state index in [9.17, 15) is 13.2 Å². The zero-order valence-corrected chi connectivity index (χ0v) is 16.7. The van der Waals surface area contributed by atoms with Crippen LogP contribution in [0.25, 0.3) is 0 Å². The number of amides is 1. The predicted molar refractivity (Wildman–Crippen MR) is 106 cm³/mol. The van der Waals surface area contributed by atoms with Crippen molar-refractivity contribution < 1.29 is 13.2 Å². The van der Waals surface area contributed by atoms with E-state index in [1.165, 1.54) is 15.5 Å². The van der Waals surface area contributed by atoms with Gasteiger partial charge >= 0.3 is 0 Å². The molecule has 0 bridgehead atoms. The lowest BCUT2D eigenvalue weighted by Gasteiger charge is -2.19. The molecule has 0 aliphatic carbocycles. The molecule has 3 rings (SSSR count). The van der Waals surface area contributed by atoms with Gasteiger partial charge in [-0.2, -0.15) is 0 Å². The van der Waals surface area contributed by atoms with Crippen molar-refractivity contribution in [1.29, 1.82) is 0 Å². The highest BCUT2D eigenvalue weighted by atomic mass is 32.2. The van der Waals surface area contributed by atoms with E-state index >= 15 is 0 Å². The molecule has 1 aliphatic heterocycles. The molecule has 0 fully saturated rings. The van der Waals surface area contributed by atoms with Gasteiger partial charge in [-0.3, -0.25) is 9.10 Å². The van der Waals surface area contributed by atoms with Crippen LogP contribution < -0.4 is 4.31 Å². The Morgan fingerprint density at radius 3 is 2.50 bits per heavy atom. The summed E-state index contributed by atoms with van der Waals surface area (Å²) in [6, 6.07) is 13.4. The van der Waals surface area contributed by atoms with Crippen LogP contribution in [0.3, 0.4) is 0 Å². The number of carbonyl (C=O) groups is 1. The zero-order chi connectivity index (χ0) is 18.9. The van der Waals surface area contributed by atoms with Crippen LogP contribution in [0.2, 0.25) is 0 Å². The van der Waals surface area contributed by atoms with Crippen LogP contribution in [-0.4, -0.2) is 45.3 Å². The van der Waals surface area contributed by atoms with Crippen molar-refractivity contribution in [3.8, 4) is 0 Å². The van der Waals surface area contributed by atoms with E-state index < -0.39 is 10.0 Å². The van der Waals surface area contributed by atoms with Crippen LogP contribution in [0.15, 0.2) is 47.4 Å². The van der Waals surface area contributed by atoms with Gasteiger partial charge in [0.05, 0.1) is 11.9 Å². The Labute approximate surface area is 159 Å². The zero-order valence-electron chi connectivity index (χ0n) is 15.1. The molecule has 0 spiro atoms. The van der Waals surface area contributed by atoms with Crippen molar-refractivity contribution in [2.45, 2.75) is 17.9 Å². The van der Waals surface area contributed by atoms with Gasteiger partial charge in [-0.25, -0.2) is 8.42 Å². The van der Waals surface area contributed by atoms with Gasteiger partial charge in [0.2, 0.25) is 10.0 Å². The lowest BCUT2D eigenvalue weighted by atomic mass is 10.1. The minimum absolute atomic E-state index is 0.0699. The van der Waals surface area contributed by atoms with Crippen molar-refractivity contribution in [2.75, 3.05) is 30.4 Å². The number of nitrogens with zero attached hydrogens (tertiary/aromatic N) is 2. The Balaban J connectivity index is 1.75. The van der Waals surface area contributed by atoms with Gasteiger partial charge in [0.25, 0.3) is 5.91 Å². The molecule has 2 aromatic rings. The quantitative estimate of drug-likeness (QED) is 0.737. The first-order valence-corrected chi connectivity index (χ1v) is 11.4. The molecule has 0 aromatic heterocycles. The fraction of sp³-hybridized carbons (Fsp3) is 0.316. The number of thioether (sulfide) groups is 1. The molecule has 0 unspecified atom stereocenters. The van der Waals surface area contributed by atoms with Crippen molar-refractivity contribution in [3.05, 3.63) is 59.2 Å². The summed E-state index contributed by atoms with van der Waals surface area (Å²) in [7, 11) is -1.50. The van der Waals surface area contributed by atoms with Crippen LogP contribution in [0.5, 0.6) is 0 Å². The van der Waals surface area contributed by atoms with Crippen LogP contribution >= 0.6 is 11.8 Å². The Morgan fingerprint density at radius 2 is 1.88 bits per heavy atom. The summed E-state index contributed by atoms with van der Waals surface area (Å²) in [5, 5.41) is 0. The number of benzene rings is 2. The van der Waals surface area contributed by atoms with E-state index in [4.69, 9.17) is 0 Å². The second kappa shape index (κ2) is 7.32. The van der Waals surface area contributed by atoms with Crippen molar-refractivity contribution in [2.24, 2.45) is 0 Å². The maximum atomic E-state index is 12.7. The second-order valence-corrected chi connectivity index (χ2v) is 9.22. The first-order chi connectivity index (χ1) is 12.3. The molecule has 7 heteroatoms. The van der Waals surface area contributed by atoms with Crippen molar-refractivity contribution >= 4 is 33.4 Å². The van der Waals surface area contributed by atoms with E-state index in [0.29, 0.717) is 30.8 Å². The summed E-state index contributed by atoms with van der Waals surface area (Å²) in [5.41, 5.74) is 3.24. The number of rotatable bonds is 5. The molecule has 1 heterocycles. The maximum absolute atomic E-state index is 12.7. The normalized spacial score (nSPS) is 13.6. The molecular formula is C19H22N2O3S2. The number of hydrogen-bond donors (Lipinski definition) is 0. The van der Waals surface area contributed by atoms with Gasteiger partial charge in [0.1, 0.15) is 0 Å². The third kappa shape index (κ3) is 3.88. The van der Waals surface area contributed by atoms with Crippen LogP contribution in [-0.2, 0) is 23.0 Å². The van der Waals surface area contributed by atoms with Gasteiger partial charge in [-0.1, -0.05) is 12.1 Å². The van der Waals surface area contributed by atoms with E-state index in [0.717, 1.165) is 11.1 Å². The number of hydrogen-bond acceptors (Lipinski definition) is 4. The molecular weight excluding hydrogens is 368 g/mol. The lowest BCUT2D eigenvalue weighted by molar-refractivity contribution is 0.0785. The predicted octanol–water partition coefficient (Wildman–Crippen LogP) is 3.00. The molecule has 26 heavy (non-hydrogen) atoms. The third-order valence-electron chi connectivity index (χ3n) is 4.51. The van der Waals surface area contributed by atoms with E-state index in [1.807, 2.05) is 36.6 Å². The minimum Gasteiger partial charge on any atom is -0.337 e. The van der Waals surface area contributed by atoms with Crippen molar-refractivity contribution in [1.82, 2.24) is 4.90 Å². The number of sulfonamides is 1. The van der Waals surface area contributed by atoms with Gasteiger partial charge in [-0.05, 0) is 54.1 Å². The number of fused-ring (bicyclic) bond motifs is 1. The summed E-state index contributed by atoms with van der Waals surface area (Å²) < 4.78 is 25.0. The summed E-state index contributed by atoms with van der Waals surface area (Å²) in [4.78, 5) is 15.6. The monoisotopic (exact) mass is 390 g/mol. The smallest absolute Gasteiger partial charge is 0.253 e. The van der Waals surface area contributed by atoms with Crippen molar-refractivity contribution in [3.63, 3.8) is 0 Å². The van der Waals surface area contributed by atoms with E-state index in [1.54, 1.807) is 35.8 Å². The Bertz CT molecular complexity index is 924. The highest BCUT2D eigenvalue weighted by Crippen LogP contribution is 2.31. The molecule has 0 saturated carbocycles. The van der Waals surface area contributed by atoms with Gasteiger partial charge < -0.3 is 4.90 Å². The minimum atomic E-state index is -3.28. The highest BCUT2D eigenvalue weighted by Gasteiger charge is 2.27. The Kier molecular flexibility index (Phi) is 5.29. The highest BCUT2D eigenvalue weighted by molar-refractivity contribution is 7.98. The molecule has 138 valence electrons. The lowest BCUT2D eigenvalue weighted by Crippen LogP contribution is -2.27. The molecule has 5 nitrogen and oxygen atoms in total. The Hall–Kier alpha value is -1.99. The molecule has 0 atom stereocenters. The average molecular weight is 391 g/mol. The molecule has 0 saturated heterocycles. The molecule has 0 N–H and O–H groups in total. The van der Waals surface area contributed by atoms with Crippen LogP contribution in [0.4, 0.5) is 5.69 Å². The first-order valence-electron chi connectivity index (χ1n) is 8.28. The third-order valence-corrected chi connectivity index (χ3v) is 6.43.